The van der Waals surface area contributed by atoms with Gasteiger partial charge >= 0.3 is 0 Å². The molecule has 0 unspecified atom stereocenters. The van der Waals surface area contributed by atoms with Crippen LogP contribution in [-0.4, -0.2) is 4.98 Å². The Morgan fingerprint density at radius 1 is 1.50 bits per heavy atom. The molecule has 0 bridgehead atoms. The predicted molar refractivity (Wildman–Crippen MR) is 44.1 cm³/mol. The number of allylic oxidation sites excluding steroid dienone is 2. The van der Waals surface area contributed by atoms with Crippen LogP contribution in [0.15, 0.2) is 17.7 Å². The largest absolute Gasteiger partial charge is 0.245 e. The van der Waals surface area contributed by atoms with E-state index in [-0.39, 0.29) is 0 Å². The molecule has 0 aliphatic heterocycles. The molecule has 1 heterocycles. The van der Waals surface area contributed by atoms with E-state index in [9.17, 15) is 0 Å². The minimum Gasteiger partial charge on any atom is -0.245 e. The highest BCUT2D eigenvalue weighted by atomic mass is 32.1. The first-order chi connectivity index (χ1) is 4.97. The van der Waals surface area contributed by atoms with Crippen molar-refractivity contribution < 1.29 is 0 Å². The summed E-state index contributed by atoms with van der Waals surface area (Å²) in [5.41, 5.74) is 1.89. The molecule has 10 heavy (non-hydrogen) atoms. The number of fused-ring (bicyclic) bond motifs is 1. The van der Waals surface area contributed by atoms with Gasteiger partial charge in [-0.05, 0) is 12.5 Å². The van der Waals surface area contributed by atoms with Gasteiger partial charge in [0.1, 0.15) is 0 Å². The number of hydrogen-bond acceptors (Lipinski definition) is 2. The van der Waals surface area contributed by atoms with E-state index in [4.69, 9.17) is 0 Å². The van der Waals surface area contributed by atoms with Gasteiger partial charge in [-0.1, -0.05) is 18.2 Å². The van der Waals surface area contributed by atoms with Crippen molar-refractivity contribution in [2.24, 2.45) is 0 Å². The molecule has 1 nitrogen and oxygen atoms in total. The topological polar surface area (TPSA) is 12.9 Å². The van der Waals surface area contributed by atoms with Gasteiger partial charge in [-0.25, -0.2) is 4.98 Å². The average Bonchev–Trinajstić information content (AvgIpc) is 2.28. The summed E-state index contributed by atoms with van der Waals surface area (Å²) in [6.45, 7) is 0. The smallest absolute Gasteiger partial charge is 0.0808 e. The van der Waals surface area contributed by atoms with Crippen molar-refractivity contribution in [3.8, 4) is 0 Å². The van der Waals surface area contributed by atoms with Gasteiger partial charge in [0.25, 0.3) is 0 Å². The fraction of sp³-hybridized carbons (Fsp3) is 0.125. The summed E-state index contributed by atoms with van der Waals surface area (Å²) >= 11 is 1.70. The number of nitrogens with zero attached hydrogens (tertiary/aromatic N) is 1. The molecule has 0 radical (unpaired) electrons. The summed E-state index contributed by atoms with van der Waals surface area (Å²) in [7, 11) is 0. The molecule has 0 saturated carbocycles. The highest BCUT2D eigenvalue weighted by molar-refractivity contribution is 7.07. The first kappa shape index (κ1) is 5.86. The minimum absolute atomic E-state index is 1.03. The quantitative estimate of drug-likeness (QED) is 0.528. The fourth-order valence-electron chi connectivity index (χ4n) is 0.955. The number of aromatic nitrogens is 1. The Labute approximate surface area is 63.0 Å². The first-order valence-electron chi connectivity index (χ1n) is 3.23. The highest BCUT2D eigenvalue weighted by Gasteiger charge is 1.88. The van der Waals surface area contributed by atoms with Crippen LogP contribution in [0.1, 0.15) is 6.42 Å². The van der Waals surface area contributed by atoms with E-state index in [1.807, 2.05) is 5.51 Å². The van der Waals surface area contributed by atoms with Gasteiger partial charge in [-0.2, -0.15) is 0 Å². The zero-order valence-electron chi connectivity index (χ0n) is 5.45. The Morgan fingerprint density at radius 3 is 3.50 bits per heavy atom. The van der Waals surface area contributed by atoms with E-state index in [2.05, 4.69) is 29.3 Å². The standard InChI is InChI=1S/C8H7NS/c1-2-4-7-8(5-3-1)10-6-9-7/h1-2,4-6H,3H2. The lowest BCUT2D eigenvalue weighted by Crippen LogP contribution is -2.19. The number of hydrogen-bond donors (Lipinski definition) is 0. The Morgan fingerprint density at radius 2 is 2.50 bits per heavy atom. The van der Waals surface area contributed by atoms with Gasteiger partial charge in [-0.3, -0.25) is 0 Å². The second-order valence-electron chi connectivity index (χ2n) is 2.14. The molecule has 0 spiro atoms. The maximum absolute atomic E-state index is 4.20. The van der Waals surface area contributed by atoms with Crippen LogP contribution in [0.25, 0.3) is 12.2 Å². The molecular formula is C8H7NS. The lowest BCUT2D eigenvalue weighted by molar-refractivity contribution is 1.32. The lowest BCUT2D eigenvalue weighted by Gasteiger charge is -1.72. The van der Waals surface area contributed by atoms with Crippen molar-refractivity contribution in [1.82, 2.24) is 4.98 Å². The molecule has 0 fully saturated rings. The molecule has 0 saturated heterocycles. The Hall–Kier alpha value is -0.890. The van der Waals surface area contributed by atoms with Crippen LogP contribution in [0.2, 0.25) is 0 Å². The third-order valence-corrected chi connectivity index (χ3v) is 2.29. The molecule has 2 heteroatoms. The fourth-order valence-corrected chi connectivity index (χ4v) is 1.67. The first-order valence-corrected chi connectivity index (χ1v) is 4.11. The monoisotopic (exact) mass is 149 g/mol. The Balaban J connectivity index is 2.82. The van der Waals surface area contributed by atoms with Crippen LogP contribution >= 0.6 is 11.3 Å². The average molecular weight is 149 g/mol. The van der Waals surface area contributed by atoms with E-state index < -0.39 is 0 Å². The van der Waals surface area contributed by atoms with Crippen LogP contribution in [0, 0.1) is 0 Å². The summed E-state index contributed by atoms with van der Waals surface area (Å²) in [5, 5.41) is 1.11. The predicted octanol–water partition coefficient (Wildman–Crippen LogP) is 0.664. The number of thiazole rings is 1. The summed E-state index contributed by atoms with van der Waals surface area (Å²) in [4.78, 5) is 4.20. The second-order valence-corrected chi connectivity index (χ2v) is 3.02. The highest BCUT2D eigenvalue weighted by Crippen LogP contribution is 1.89. The summed E-state index contributed by atoms with van der Waals surface area (Å²) in [6, 6.07) is 0. The van der Waals surface area contributed by atoms with Gasteiger partial charge < -0.3 is 0 Å². The summed E-state index contributed by atoms with van der Waals surface area (Å²) < 4.78 is 1.30. The lowest BCUT2D eigenvalue weighted by atomic mass is 10.4. The molecule has 0 N–H and O–H groups in total. The van der Waals surface area contributed by atoms with Gasteiger partial charge in [0.05, 0.1) is 15.4 Å². The van der Waals surface area contributed by atoms with Gasteiger partial charge in [0, 0.05) is 0 Å². The normalized spacial score (nSPS) is 14.8. The molecule has 1 aliphatic rings. The SMILES string of the molecule is C1=CCC=c2scnc2=C1. The molecule has 50 valence electrons. The van der Waals surface area contributed by atoms with Gasteiger partial charge in [0.2, 0.25) is 0 Å². The molecule has 0 atom stereocenters. The van der Waals surface area contributed by atoms with E-state index in [0.717, 1.165) is 11.8 Å². The van der Waals surface area contributed by atoms with Crippen molar-refractivity contribution >= 4 is 23.5 Å². The molecule has 1 aromatic heterocycles. The molecule has 1 aromatic rings. The van der Waals surface area contributed by atoms with Crippen molar-refractivity contribution in [3.05, 3.63) is 27.5 Å². The minimum atomic E-state index is 1.03. The van der Waals surface area contributed by atoms with E-state index in [1.54, 1.807) is 11.3 Å². The molecule has 0 aromatic carbocycles. The van der Waals surface area contributed by atoms with Crippen molar-refractivity contribution in [2.45, 2.75) is 6.42 Å². The van der Waals surface area contributed by atoms with Gasteiger partial charge in [0.15, 0.2) is 0 Å². The van der Waals surface area contributed by atoms with E-state index >= 15 is 0 Å². The Bertz CT molecular complexity index is 359. The van der Waals surface area contributed by atoms with E-state index in [1.165, 1.54) is 4.53 Å². The third-order valence-electron chi connectivity index (χ3n) is 1.45. The van der Waals surface area contributed by atoms with Crippen molar-refractivity contribution in [1.29, 1.82) is 0 Å². The van der Waals surface area contributed by atoms with Crippen LogP contribution in [0.4, 0.5) is 0 Å². The van der Waals surface area contributed by atoms with Gasteiger partial charge in [-0.15, -0.1) is 11.3 Å². The summed E-state index contributed by atoms with van der Waals surface area (Å²) in [5.74, 6) is 0. The number of rotatable bonds is 0. The van der Waals surface area contributed by atoms with E-state index in [0.29, 0.717) is 0 Å². The molecule has 0 amide bonds. The zero-order chi connectivity index (χ0) is 6.81. The van der Waals surface area contributed by atoms with Crippen molar-refractivity contribution in [2.75, 3.05) is 0 Å². The maximum atomic E-state index is 4.20. The molecule has 1 aliphatic carbocycles. The Kier molecular flexibility index (Phi) is 1.40. The van der Waals surface area contributed by atoms with Crippen LogP contribution < -0.4 is 9.88 Å². The molecule has 2 rings (SSSR count). The second kappa shape index (κ2) is 2.39. The van der Waals surface area contributed by atoms with Crippen LogP contribution in [-0.2, 0) is 0 Å². The van der Waals surface area contributed by atoms with Crippen LogP contribution in [0.3, 0.4) is 0 Å². The maximum Gasteiger partial charge on any atom is 0.0808 e. The molecular weight excluding hydrogens is 142 g/mol. The van der Waals surface area contributed by atoms with Crippen molar-refractivity contribution in [3.63, 3.8) is 0 Å². The zero-order valence-corrected chi connectivity index (χ0v) is 6.27. The third kappa shape index (κ3) is 0.907. The van der Waals surface area contributed by atoms with Crippen LogP contribution in [0.5, 0.6) is 0 Å². The summed E-state index contributed by atoms with van der Waals surface area (Å²) in [6.07, 6.45) is 9.48.